The van der Waals surface area contributed by atoms with Crippen LogP contribution in [-0.2, 0) is 16.6 Å². The molecule has 6 nitrogen and oxygen atoms in total. The van der Waals surface area contributed by atoms with Crippen LogP contribution in [0.15, 0.2) is 18.3 Å². The van der Waals surface area contributed by atoms with Crippen LogP contribution in [0.1, 0.15) is 37.4 Å². The highest BCUT2D eigenvalue weighted by atomic mass is 16.2. The molecule has 6 heteroatoms. The number of nitrogens with zero attached hydrogens (tertiary/aromatic N) is 2. The Kier molecular flexibility index (Phi) is 5.60. The van der Waals surface area contributed by atoms with Crippen molar-refractivity contribution in [1.29, 1.82) is 0 Å². The maximum absolute atomic E-state index is 12.0. The van der Waals surface area contributed by atoms with Gasteiger partial charge in [0.15, 0.2) is 0 Å². The molecule has 1 heterocycles. The van der Waals surface area contributed by atoms with Gasteiger partial charge in [0.05, 0.1) is 6.04 Å². The van der Waals surface area contributed by atoms with Crippen molar-refractivity contribution in [3.8, 4) is 0 Å². The average Bonchev–Trinajstić information content (AvgIpc) is 3.11. The lowest BCUT2D eigenvalue weighted by molar-refractivity contribution is -0.139. The summed E-state index contributed by atoms with van der Waals surface area (Å²) in [4.78, 5) is 25.9. The molecule has 1 aliphatic carbocycles. The number of amides is 2. The van der Waals surface area contributed by atoms with Gasteiger partial charge in [0.1, 0.15) is 0 Å². The van der Waals surface area contributed by atoms with Gasteiger partial charge in [-0.25, -0.2) is 0 Å². The quantitative estimate of drug-likeness (QED) is 0.791. The van der Waals surface area contributed by atoms with Gasteiger partial charge in [-0.3, -0.25) is 14.5 Å². The van der Waals surface area contributed by atoms with Gasteiger partial charge in [-0.2, -0.15) is 0 Å². The van der Waals surface area contributed by atoms with Crippen molar-refractivity contribution in [1.82, 2.24) is 20.1 Å². The van der Waals surface area contributed by atoms with Gasteiger partial charge < -0.3 is 15.2 Å². The molecular weight excluding hydrogens is 280 g/mol. The first-order valence-electron chi connectivity index (χ1n) is 7.85. The number of aryl methyl sites for hydroxylation is 1. The molecule has 0 spiro atoms. The van der Waals surface area contributed by atoms with Crippen LogP contribution in [0.2, 0.25) is 0 Å². The summed E-state index contributed by atoms with van der Waals surface area (Å²) >= 11 is 0. The van der Waals surface area contributed by atoms with Crippen LogP contribution in [0, 0.1) is 0 Å². The minimum Gasteiger partial charge on any atom is -0.353 e. The topological polar surface area (TPSA) is 66.4 Å². The van der Waals surface area contributed by atoms with Crippen molar-refractivity contribution in [3.05, 3.63) is 24.0 Å². The summed E-state index contributed by atoms with van der Waals surface area (Å²) in [6.45, 7) is 0.405. The van der Waals surface area contributed by atoms with E-state index in [2.05, 4.69) is 10.6 Å². The largest absolute Gasteiger partial charge is 0.353 e. The number of hydrogen-bond acceptors (Lipinski definition) is 3. The second-order valence-electron chi connectivity index (χ2n) is 6.19. The van der Waals surface area contributed by atoms with Crippen molar-refractivity contribution >= 4 is 11.8 Å². The molecule has 1 saturated carbocycles. The molecule has 2 rings (SSSR count). The van der Waals surface area contributed by atoms with Gasteiger partial charge >= 0.3 is 11.8 Å². The molecule has 0 saturated heterocycles. The molecule has 22 heavy (non-hydrogen) atoms. The van der Waals surface area contributed by atoms with Crippen LogP contribution in [0.4, 0.5) is 0 Å². The predicted octanol–water partition coefficient (Wildman–Crippen LogP) is 0.803. The smallest absolute Gasteiger partial charge is 0.309 e. The van der Waals surface area contributed by atoms with E-state index >= 15 is 0 Å². The summed E-state index contributed by atoms with van der Waals surface area (Å²) in [5.74, 6) is -1.07. The third-order valence-electron chi connectivity index (χ3n) is 4.30. The van der Waals surface area contributed by atoms with E-state index in [0.29, 0.717) is 6.54 Å². The van der Waals surface area contributed by atoms with Crippen molar-refractivity contribution in [3.63, 3.8) is 0 Å². The lowest BCUT2D eigenvalue weighted by Crippen LogP contribution is -2.45. The van der Waals surface area contributed by atoms with E-state index in [1.807, 2.05) is 48.9 Å². The zero-order valence-corrected chi connectivity index (χ0v) is 13.6. The Hall–Kier alpha value is -1.82. The second kappa shape index (κ2) is 7.45. The monoisotopic (exact) mass is 306 g/mol. The molecule has 0 bridgehead atoms. The van der Waals surface area contributed by atoms with Crippen LogP contribution >= 0.6 is 0 Å². The number of rotatable bonds is 5. The Bertz CT molecular complexity index is 518. The van der Waals surface area contributed by atoms with Crippen LogP contribution in [0.3, 0.4) is 0 Å². The average molecular weight is 306 g/mol. The highest BCUT2D eigenvalue weighted by molar-refractivity contribution is 6.35. The highest BCUT2D eigenvalue weighted by Crippen LogP contribution is 2.18. The summed E-state index contributed by atoms with van der Waals surface area (Å²) < 4.78 is 2.02. The van der Waals surface area contributed by atoms with E-state index < -0.39 is 11.8 Å². The number of hydrogen-bond donors (Lipinski definition) is 2. The van der Waals surface area contributed by atoms with Gasteiger partial charge in [0.2, 0.25) is 0 Å². The Morgan fingerprint density at radius 3 is 2.55 bits per heavy atom. The molecule has 1 aromatic rings. The standard InChI is InChI=1S/C16H26N4O2/c1-19(2)14(13-9-6-10-20(13)3)11-17-15(21)16(22)18-12-7-4-5-8-12/h6,9-10,12,14H,4-5,7-8,11H2,1-3H3,(H,17,21)(H,18,22). The minimum absolute atomic E-state index is 0.0308. The van der Waals surface area contributed by atoms with Crippen molar-refractivity contribution < 1.29 is 9.59 Å². The molecule has 1 atom stereocenters. The Labute approximate surface area is 131 Å². The molecule has 2 N–H and O–H groups in total. The van der Waals surface area contributed by atoms with E-state index in [1.165, 1.54) is 0 Å². The van der Waals surface area contributed by atoms with Gasteiger partial charge in [-0.15, -0.1) is 0 Å². The Balaban J connectivity index is 1.87. The third kappa shape index (κ3) is 4.10. The van der Waals surface area contributed by atoms with Crippen LogP contribution in [0.25, 0.3) is 0 Å². The first-order chi connectivity index (χ1) is 10.5. The number of nitrogens with one attached hydrogen (secondary N) is 2. The Morgan fingerprint density at radius 2 is 2.00 bits per heavy atom. The van der Waals surface area contributed by atoms with Crippen LogP contribution < -0.4 is 10.6 Å². The highest BCUT2D eigenvalue weighted by Gasteiger charge is 2.23. The van der Waals surface area contributed by atoms with Crippen molar-refractivity contribution in [2.45, 2.75) is 37.8 Å². The van der Waals surface area contributed by atoms with E-state index in [1.54, 1.807) is 0 Å². The molecule has 1 fully saturated rings. The maximum atomic E-state index is 12.0. The second-order valence-corrected chi connectivity index (χ2v) is 6.19. The summed E-state index contributed by atoms with van der Waals surface area (Å²) in [5, 5.41) is 5.56. The van der Waals surface area contributed by atoms with Gasteiger partial charge in [0, 0.05) is 31.5 Å². The third-order valence-corrected chi connectivity index (χ3v) is 4.30. The summed E-state index contributed by atoms with van der Waals surface area (Å²) in [6.07, 6.45) is 6.18. The maximum Gasteiger partial charge on any atom is 0.309 e. The molecule has 1 unspecified atom stereocenters. The number of carbonyl (C=O) groups excluding carboxylic acids is 2. The zero-order valence-electron chi connectivity index (χ0n) is 13.6. The molecule has 0 aliphatic heterocycles. The fourth-order valence-electron chi connectivity index (χ4n) is 2.96. The number of carbonyl (C=O) groups is 2. The Morgan fingerprint density at radius 1 is 1.32 bits per heavy atom. The fourth-order valence-corrected chi connectivity index (χ4v) is 2.96. The molecule has 1 aliphatic rings. The van der Waals surface area contributed by atoms with E-state index in [9.17, 15) is 9.59 Å². The van der Waals surface area contributed by atoms with Crippen molar-refractivity contribution in [2.24, 2.45) is 7.05 Å². The SMILES string of the molecule is CN(C)C(CNC(=O)C(=O)NC1CCCC1)c1cccn1C. The normalized spacial score (nSPS) is 16.7. The lowest BCUT2D eigenvalue weighted by Gasteiger charge is -2.25. The minimum atomic E-state index is -0.548. The van der Waals surface area contributed by atoms with E-state index in [4.69, 9.17) is 0 Å². The molecule has 122 valence electrons. The summed E-state index contributed by atoms with van der Waals surface area (Å²) in [7, 11) is 5.89. The molecule has 0 radical (unpaired) electrons. The molecule has 0 aromatic carbocycles. The van der Waals surface area contributed by atoms with Crippen LogP contribution in [0.5, 0.6) is 0 Å². The molecule has 1 aromatic heterocycles. The first kappa shape index (κ1) is 16.5. The van der Waals surface area contributed by atoms with Crippen LogP contribution in [-0.4, -0.2) is 48.0 Å². The first-order valence-corrected chi connectivity index (χ1v) is 7.85. The summed E-state index contributed by atoms with van der Waals surface area (Å²) in [6, 6.07) is 4.19. The van der Waals surface area contributed by atoms with E-state index in [-0.39, 0.29) is 12.1 Å². The number of aromatic nitrogens is 1. The fraction of sp³-hybridized carbons (Fsp3) is 0.625. The van der Waals surface area contributed by atoms with Gasteiger partial charge in [0.25, 0.3) is 0 Å². The number of likely N-dealkylation sites (N-methyl/N-ethyl adjacent to an activating group) is 1. The van der Waals surface area contributed by atoms with E-state index in [0.717, 1.165) is 31.4 Å². The molecule has 2 amide bonds. The van der Waals surface area contributed by atoms with Crippen molar-refractivity contribution in [2.75, 3.05) is 20.6 Å². The van der Waals surface area contributed by atoms with Gasteiger partial charge in [-0.1, -0.05) is 12.8 Å². The summed E-state index contributed by atoms with van der Waals surface area (Å²) in [5.41, 5.74) is 1.10. The zero-order chi connectivity index (χ0) is 16.1. The molecular formula is C16H26N4O2. The predicted molar refractivity (Wildman–Crippen MR) is 85.2 cm³/mol. The lowest BCUT2D eigenvalue weighted by atomic mass is 10.2. The van der Waals surface area contributed by atoms with Gasteiger partial charge in [-0.05, 0) is 39.1 Å².